The summed E-state index contributed by atoms with van der Waals surface area (Å²) in [6, 6.07) is 7.75. The number of thiocarbonyl (C=S) groups is 1. The van der Waals surface area contributed by atoms with Gasteiger partial charge in [-0.25, -0.2) is 0 Å². The Morgan fingerprint density at radius 1 is 1.41 bits per heavy atom. The molecule has 17 heavy (non-hydrogen) atoms. The van der Waals surface area contributed by atoms with Gasteiger partial charge < -0.3 is 10.6 Å². The molecule has 1 amide bonds. The first-order valence-corrected chi connectivity index (χ1v) is 5.82. The van der Waals surface area contributed by atoms with Crippen molar-refractivity contribution in [2.75, 3.05) is 11.9 Å². The maximum atomic E-state index is 12.3. The zero-order chi connectivity index (χ0) is 13.2. The number of hydrogen-bond donors (Lipinski definition) is 1. The zero-order valence-electron chi connectivity index (χ0n) is 10.7. The lowest BCUT2D eigenvalue weighted by Crippen LogP contribution is -2.45. The minimum atomic E-state index is -0.826. The van der Waals surface area contributed by atoms with Crippen molar-refractivity contribution in [1.29, 1.82) is 0 Å². The highest BCUT2D eigenvalue weighted by Gasteiger charge is 2.33. The van der Waals surface area contributed by atoms with E-state index in [1.807, 2.05) is 31.2 Å². The molecule has 0 heterocycles. The molecule has 0 aromatic heterocycles. The van der Waals surface area contributed by atoms with Crippen LogP contribution in [-0.2, 0) is 4.79 Å². The van der Waals surface area contributed by atoms with Crippen molar-refractivity contribution in [3.63, 3.8) is 0 Å². The van der Waals surface area contributed by atoms with E-state index in [2.05, 4.69) is 0 Å². The third kappa shape index (κ3) is 2.82. The number of aryl methyl sites for hydroxylation is 1. The van der Waals surface area contributed by atoms with Crippen molar-refractivity contribution in [3.8, 4) is 0 Å². The first kappa shape index (κ1) is 13.6. The smallest absolute Gasteiger partial charge is 0.239 e. The molecule has 0 aliphatic rings. The van der Waals surface area contributed by atoms with Crippen molar-refractivity contribution in [2.24, 2.45) is 11.1 Å². The van der Waals surface area contributed by atoms with Gasteiger partial charge in [-0.2, -0.15) is 0 Å². The molecule has 0 aliphatic heterocycles. The van der Waals surface area contributed by atoms with Crippen LogP contribution in [0.2, 0.25) is 0 Å². The predicted molar refractivity (Wildman–Crippen MR) is 75.2 cm³/mol. The van der Waals surface area contributed by atoms with Crippen molar-refractivity contribution in [1.82, 2.24) is 0 Å². The van der Waals surface area contributed by atoms with E-state index in [1.165, 1.54) is 0 Å². The summed E-state index contributed by atoms with van der Waals surface area (Å²) in [5, 5.41) is 0. The molecule has 92 valence electrons. The van der Waals surface area contributed by atoms with Crippen LogP contribution in [0.1, 0.15) is 19.4 Å². The van der Waals surface area contributed by atoms with E-state index in [4.69, 9.17) is 18.0 Å². The number of nitrogens with zero attached hydrogens (tertiary/aromatic N) is 1. The Kier molecular flexibility index (Phi) is 3.88. The van der Waals surface area contributed by atoms with Crippen molar-refractivity contribution < 1.29 is 4.79 Å². The summed E-state index contributed by atoms with van der Waals surface area (Å²) >= 11 is 4.93. The fourth-order valence-corrected chi connectivity index (χ4v) is 1.57. The van der Waals surface area contributed by atoms with Crippen LogP contribution in [0.3, 0.4) is 0 Å². The second kappa shape index (κ2) is 4.84. The van der Waals surface area contributed by atoms with Crippen LogP contribution in [0.4, 0.5) is 5.69 Å². The van der Waals surface area contributed by atoms with Crippen LogP contribution < -0.4 is 10.6 Å². The number of hydrogen-bond acceptors (Lipinski definition) is 2. The van der Waals surface area contributed by atoms with Crippen molar-refractivity contribution in [3.05, 3.63) is 29.8 Å². The molecule has 0 unspecified atom stereocenters. The van der Waals surface area contributed by atoms with Gasteiger partial charge in [0, 0.05) is 12.7 Å². The quantitative estimate of drug-likeness (QED) is 0.837. The second-order valence-electron chi connectivity index (χ2n) is 4.69. The number of nitrogens with two attached hydrogens (primary N) is 1. The molecular weight excluding hydrogens is 232 g/mol. The summed E-state index contributed by atoms with van der Waals surface area (Å²) in [5.41, 5.74) is 6.73. The summed E-state index contributed by atoms with van der Waals surface area (Å²) in [7, 11) is 1.73. The van der Waals surface area contributed by atoms with Crippen LogP contribution >= 0.6 is 12.2 Å². The summed E-state index contributed by atoms with van der Waals surface area (Å²) < 4.78 is 0. The van der Waals surface area contributed by atoms with Gasteiger partial charge in [-0.05, 0) is 38.5 Å². The monoisotopic (exact) mass is 250 g/mol. The first-order chi connectivity index (χ1) is 7.76. The van der Waals surface area contributed by atoms with Gasteiger partial charge in [-0.3, -0.25) is 4.79 Å². The van der Waals surface area contributed by atoms with Gasteiger partial charge in [-0.15, -0.1) is 0 Å². The molecule has 4 heteroatoms. The van der Waals surface area contributed by atoms with Gasteiger partial charge in [0.1, 0.15) is 0 Å². The summed E-state index contributed by atoms with van der Waals surface area (Å²) in [6.45, 7) is 5.47. The number of carbonyl (C=O) groups is 1. The SMILES string of the molecule is Cc1cccc(N(C)C(=O)C(C)(C)C(N)=S)c1. The van der Waals surface area contributed by atoms with Crippen LogP contribution in [0.5, 0.6) is 0 Å². The van der Waals surface area contributed by atoms with Crippen LogP contribution in [0.15, 0.2) is 24.3 Å². The van der Waals surface area contributed by atoms with E-state index in [1.54, 1.807) is 25.8 Å². The molecule has 3 nitrogen and oxygen atoms in total. The molecule has 0 saturated heterocycles. The van der Waals surface area contributed by atoms with Crippen molar-refractivity contribution >= 4 is 28.8 Å². The molecule has 1 aromatic carbocycles. The van der Waals surface area contributed by atoms with Gasteiger partial charge >= 0.3 is 0 Å². The number of amides is 1. The molecule has 0 saturated carbocycles. The minimum Gasteiger partial charge on any atom is -0.392 e. The van der Waals surface area contributed by atoms with E-state index in [0.29, 0.717) is 0 Å². The van der Waals surface area contributed by atoms with E-state index in [-0.39, 0.29) is 10.9 Å². The third-order valence-electron chi connectivity index (χ3n) is 2.84. The Morgan fingerprint density at radius 3 is 2.47 bits per heavy atom. The lowest BCUT2D eigenvalue weighted by molar-refractivity contribution is -0.123. The number of benzene rings is 1. The fourth-order valence-electron chi connectivity index (χ4n) is 1.48. The van der Waals surface area contributed by atoms with Crippen LogP contribution in [0.25, 0.3) is 0 Å². The number of anilines is 1. The molecule has 2 N–H and O–H groups in total. The Hall–Kier alpha value is -1.42. The molecule has 1 aromatic rings. The van der Waals surface area contributed by atoms with E-state index >= 15 is 0 Å². The molecule has 1 rings (SSSR count). The average Bonchev–Trinajstić information content (AvgIpc) is 2.26. The van der Waals surface area contributed by atoms with Gasteiger partial charge in [0.2, 0.25) is 5.91 Å². The number of rotatable bonds is 3. The normalized spacial score (nSPS) is 11.1. The molecule has 0 aliphatic carbocycles. The lowest BCUT2D eigenvalue weighted by Gasteiger charge is -2.28. The Labute approximate surface area is 108 Å². The molecule has 0 atom stereocenters. The van der Waals surface area contributed by atoms with Crippen LogP contribution in [-0.4, -0.2) is 17.9 Å². The standard InChI is InChI=1S/C13H18N2OS/c1-9-6-5-7-10(8-9)15(4)12(16)13(2,3)11(14)17/h5-8H,1-4H3,(H2,14,17). The summed E-state index contributed by atoms with van der Waals surface area (Å²) in [4.78, 5) is 14.1. The van der Waals surface area contributed by atoms with Crippen molar-refractivity contribution in [2.45, 2.75) is 20.8 Å². The topological polar surface area (TPSA) is 46.3 Å². The maximum absolute atomic E-state index is 12.3. The Balaban J connectivity index is 3.02. The largest absolute Gasteiger partial charge is 0.392 e. The van der Waals surface area contributed by atoms with Gasteiger partial charge in [-0.1, -0.05) is 24.4 Å². The predicted octanol–water partition coefficient (Wildman–Crippen LogP) is 2.27. The highest BCUT2D eigenvalue weighted by atomic mass is 32.1. The second-order valence-corrected chi connectivity index (χ2v) is 5.13. The van der Waals surface area contributed by atoms with E-state index in [0.717, 1.165) is 11.3 Å². The lowest BCUT2D eigenvalue weighted by atomic mass is 9.91. The molecule has 0 fully saturated rings. The highest BCUT2D eigenvalue weighted by Crippen LogP contribution is 2.23. The molecular formula is C13H18N2OS. The summed E-state index contributed by atoms with van der Waals surface area (Å²) in [5.74, 6) is -0.101. The molecule has 0 bridgehead atoms. The average molecular weight is 250 g/mol. The third-order valence-corrected chi connectivity index (χ3v) is 3.35. The fraction of sp³-hybridized carbons (Fsp3) is 0.385. The van der Waals surface area contributed by atoms with Gasteiger partial charge in [0.15, 0.2) is 0 Å². The first-order valence-electron chi connectivity index (χ1n) is 5.41. The van der Waals surface area contributed by atoms with Crippen LogP contribution in [0, 0.1) is 12.3 Å². The Morgan fingerprint density at radius 2 is 2.00 bits per heavy atom. The van der Waals surface area contributed by atoms with E-state index < -0.39 is 5.41 Å². The minimum absolute atomic E-state index is 0.101. The molecule has 0 spiro atoms. The van der Waals surface area contributed by atoms with Gasteiger partial charge in [0.25, 0.3) is 0 Å². The molecule has 0 radical (unpaired) electrons. The maximum Gasteiger partial charge on any atom is 0.239 e. The summed E-state index contributed by atoms with van der Waals surface area (Å²) in [6.07, 6.45) is 0. The highest BCUT2D eigenvalue weighted by molar-refractivity contribution is 7.80. The van der Waals surface area contributed by atoms with Gasteiger partial charge in [0.05, 0.1) is 10.4 Å². The zero-order valence-corrected chi connectivity index (χ0v) is 11.5. The van der Waals surface area contributed by atoms with E-state index in [9.17, 15) is 4.79 Å². The Bertz CT molecular complexity index is 454. The number of carbonyl (C=O) groups excluding carboxylic acids is 1.